The Morgan fingerprint density at radius 1 is 1.53 bits per heavy atom. The molecule has 0 fully saturated rings. The van der Waals surface area contributed by atoms with Crippen molar-refractivity contribution in [2.24, 2.45) is 5.10 Å². The molecule has 0 spiro atoms. The molecule has 1 rings (SSSR count). The molecule has 3 unspecified atom stereocenters. The van der Waals surface area contributed by atoms with Gasteiger partial charge in [0.15, 0.2) is 0 Å². The topological polar surface area (TPSA) is 52.9 Å². The Labute approximate surface area is 99.6 Å². The molecule has 4 nitrogen and oxygen atoms in total. The van der Waals surface area contributed by atoms with Gasteiger partial charge >= 0.3 is 17.3 Å². The minimum Gasteiger partial charge on any atom is -0.480 e. The summed E-state index contributed by atoms with van der Waals surface area (Å²) in [7, 11) is 6.28. The van der Waals surface area contributed by atoms with E-state index in [0.29, 0.717) is 5.01 Å². The van der Waals surface area contributed by atoms with Gasteiger partial charge in [-0.15, -0.1) is 0 Å². The predicted molar refractivity (Wildman–Crippen MR) is 51.9 cm³/mol. The van der Waals surface area contributed by atoms with E-state index < -0.39 is 34.8 Å². The van der Waals surface area contributed by atoms with E-state index in [-0.39, 0.29) is 0 Å². The molecule has 0 bridgehead atoms. The first-order chi connectivity index (χ1) is 7.50. The number of hydrazone groups is 1. The number of hydrogen-bond acceptors (Lipinski definition) is 3. The van der Waals surface area contributed by atoms with Crippen molar-refractivity contribution in [1.82, 2.24) is 5.01 Å². The zero-order valence-electron chi connectivity index (χ0n) is 8.37. The van der Waals surface area contributed by atoms with Crippen molar-refractivity contribution in [2.75, 3.05) is 7.05 Å². The molecule has 0 aliphatic carbocycles. The summed E-state index contributed by atoms with van der Waals surface area (Å²) < 4.78 is 50.3. The summed E-state index contributed by atoms with van der Waals surface area (Å²) in [5.74, 6) is -3.30. The second-order valence-corrected chi connectivity index (χ2v) is 3.96. The van der Waals surface area contributed by atoms with Crippen molar-refractivity contribution in [3.05, 3.63) is 0 Å². The number of alkyl halides is 5. The van der Waals surface area contributed by atoms with Gasteiger partial charge in [0.1, 0.15) is 6.04 Å². The van der Waals surface area contributed by atoms with Crippen LogP contribution < -0.4 is 0 Å². The van der Waals surface area contributed by atoms with Gasteiger partial charge in [0, 0.05) is 7.05 Å². The van der Waals surface area contributed by atoms with E-state index in [1.807, 2.05) is 0 Å². The zero-order chi connectivity index (χ0) is 13.6. The number of nitrogens with zero attached hydrogens (tertiary/aromatic N) is 2. The quantitative estimate of drug-likeness (QED) is 0.466. The lowest BCUT2D eigenvalue weighted by molar-refractivity contribution is -0.176. The summed E-state index contributed by atoms with van der Waals surface area (Å²) in [4.78, 5) is 10.7. The lowest BCUT2D eigenvalue weighted by Gasteiger charge is -2.24. The highest BCUT2D eigenvalue weighted by atomic mass is 35.5. The monoisotopic (exact) mass is 272 g/mol. The molecule has 0 saturated carbocycles. The van der Waals surface area contributed by atoms with Gasteiger partial charge in [0.2, 0.25) is 0 Å². The third-order valence-corrected chi connectivity index (χ3v) is 2.66. The van der Waals surface area contributed by atoms with Crippen molar-refractivity contribution in [3.63, 3.8) is 0 Å². The summed E-state index contributed by atoms with van der Waals surface area (Å²) in [5, 5.41) is 8.18. The highest BCUT2D eigenvalue weighted by Crippen LogP contribution is 2.44. The van der Waals surface area contributed by atoms with Gasteiger partial charge in [-0.25, -0.2) is 9.18 Å². The predicted octanol–water partition coefficient (Wildman–Crippen LogP) is 1.16. The standard InChI is InChI=1S/C7H6BClF4N2O2/c1-15-3(5(16)17)2(8)4(14-15)6(9,10)7(11,12)13/h2-3H,1H3,(H,16,17). The smallest absolute Gasteiger partial charge is 0.442 e. The first-order valence-corrected chi connectivity index (χ1v) is 4.62. The molecule has 17 heavy (non-hydrogen) atoms. The van der Waals surface area contributed by atoms with Crippen LogP contribution in [0.4, 0.5) is 17.6 Å². The molecule has 3 atom stereocenters. The van der Waals surface area contributed by atoms with Gasteiger partial charge in [0.05, 0.1) is 13.6 Å². The van der Waals surface area contributed by atoms with Crippen molar-refractivity contribution in [3.8, 4) is 0 Å². The van der Waals surface area contributed by atoms with E-state index in [4.69, 9.17) is 24.6 Å². The minimum atomic E-state index is -5.43. The molecular weight excluding hydrogens is 266 g/mol. The van der Waals surface area contributed by atoms with E-state index >= 15 is 0 Å². The molecule has 1 heterocycles. The Bertz CT molecular complexity index is 373. The first kappa shape index (κ1) is 14.1. The van der Waals surface area contributed by atoms with E-state index in [1.54, 1.807) is 0 Å². The van der Waals surface area contributed by atoms with Crippen molar-refractivity contribution >= 4 is 31.1 Å². The second kappa shape index (κ2) is 4.04. The molecule has 1 N–H and O–H groups in total. The molecule has 0 amide bonds. The Morgan fingerprint density at radius 3 is 2.29 bits per heavy atom. The van der Waals surface area contributed by atoms with Crippen LogP contribution in [-0.4, -0.2) is 54.0 Å². The molecule has 0 aromatic carbocycles. The third kappa shape index (κ3) is 2.20. The molecule has 1 aliphatic heterocycles. The van der Waals surface area contributed by atoms with Crippen molar-refractivity contribution in [2.45, 2.75) is 23.2 Å². The normalized spacial score (nSPS) is 28.8. The molecule has 1 aliphatic rings. The Morgan fingerprint density at radius 2 is 2.00 bits per heavy atom. The van der Waals surface area contributed by atoms with Crippen LogP contribution in [0.3, 0.4) is 0 Å². The van der Waals surface area contributed by atoms with E-state index in [2.05, 4.69) is 5.10 Å². The van der Waals surface area contributed by atoms with E-state index in [1.165, 1.54) is 0 Å². The summed E-state index contributed by atoms with van der Waals surface area (Å²) in [6.07, 6.45) is -5.43. The van der Waals surface area contributed by atoms with Crippen LogP contribution in [0.15, 0.2) is 5.10 Å². The van der Waals surface area contributed by atoms with Crippen molar-refractivity contribution in [1.29, 1.82) is 0 Å². The van der Waals surface area contributed by atoms with Crippen LogP contribution in [0.25, 0.3) is 0 Å². The minimum absolute atomic E-state index is 0.630. The average molecular weight is 272 g/mol. The molecular formula is C7H6BClF4N2O2. The number of halogens is 5. The molecule has 2 radical (unpaired) electrons. The fraction of sp³-hybridized carbons (Fsp3) is 0.714. The molecule has 10 heteroatoms. The SMILES string of the molecule is [B]C1C(C(F)(Cl)C(F)(F)F)=NN(C)C1C(=O)O. The number of carbonyl (C=O) groups is 1. The molecule has 0 aromatic rings. The van der Waals surface area contributed by atoms with Crippen LogP contribution in [0.5, 0.6) is 0 Å². The van der Waals surface area contributed by atoms with E-state index in [9.17, 15) is 22.4 Å². The zero-order valence-corrected chi connectivity index (χ0v) is 9.13. The summed E-state index contributed by atoms with van der Waals surface area (Å²) in [6.45, 7) is 0. The van der Waals surface area contributed by atoms with Crippen LogP contribution >= 0.6 is 11.6 Å². The number of carboxylic acids is 1. The molecule has 0 saturated heterocycles. The third-order valence-electron chi connectivity index (χ3n) is 2.25. The maximum Gasteiger partial charge on any atom is 0.442 e. The van der Waals surface area contributed by atoms with Gasteiger partial charge in [-0.3, -0.25) is 5.01 Å². The average Bonchev–Trinajstić information content (AvgIpc) is 2.39. The Kier molecular flexibility index (Phi) is 3.35. The summed E-state index contributed by atoms with van der Waals surface area (Å²) in [6, 6.07) is -1.58. The number of hydrogen-bond donors (Lipinski definition) is 1. The molecule has 94 valence electrons. The fourth-order valence-electron chi connectivity index (χ4n) is 1.41. The largest absolute Gasteiger partial charge is 0.480 e. The fourth-order valence-corrected chi connectivity index (χ4v) is 1.58. The lowest BCUT2D eigenvalue weighted by Crippen LogP contribution is -2.46. The van der Waals surface area contributed by atoms with Gasteiger partial charge in [-0.2, -0.15) is 18.3 Å². The van der Waals surface area contributed by atoms with Gasteiger partial charge in [0.25, 0.3) is 0 Å². The van der Waals surface area contributed by atoms with Gasteiger partial charge in [-0.05, 0) is 5.82 Å². The van der Waals surface area contributed by atoms with Gasteiger partial charge in [-0.1, -0.05) is 11.6 Å². The van der Waals surface area contributed by atoms with Crippen molar-refractivity contribution < 1.29 is 27.5 Å². The van der Waals surface area contributed by atoms with E-state index in [0.717, 1.165) is 7.05 Å². The van der Waals surface area contributed by atoms with Crippen LogP contribution in [-0.2, 0) is 4.79 Å². The first-order valence-electron chi connectivity index (χ1n) is 4.25. The highest BCUT2D eigenvalue weighted by Gasteiger charge is 2.62. The second-order valence-electron chi connectivity index (χ2n) is 3.44. The number of carboxylic acid groups (broad SMARTS) is 1. The van der Waals surface area contributed by atoms with Crippen LogP contribution in [0, 0.1) is 0 Å². The lowest BCUT2D eigenvalue weighted by atomic mass is 9.76. The Balaban J connectivity index is 3.11. The van der Waals surface area contributed by atoms with Crippen LogP contribution in [0.2, 0.25) is 5.82 Å². The number of rotatable bonds is 2. The van der Waals surface area contributed by atoms with Crippen LogP contribution in [0.1, 0.15) is 0 Å². The summed E-state index contributed by atoms with van der Waals surface area (Å²) >= 11 is 4.73. The molecule has 0 aromatic heterocycles. The number of aliphatic carboxylic acids is 1. The maximum atomic E-state index is 13.4. The maximum absolute atomic E-state index is 13.4. The van der Waals surface area contributed by atoms with Gasteiger partial charge < -0.3 is 5.11 Å². The highest BCUT2D eigenvalue weighted by molar-refractivity contribution is 6.42. The Hall–Kier alpha value is -0.985. The number of likely N-dealkylation sites (N-methyl/N-ethyl adjacent to an activating group) is 1. The summed E-state index contributed by atoms with van der Waals surface area (Å²) in [5.41, 5.74) is -1.26.